The van der Waals surface area contributed by atoms with Gasteiger partial charge in [0, 0.05) is 24.9 Å². The Morgan fingerprint density at radius 2 is 1.85 bits per heavy atom. The molecular formula is C16H25N3O. The molecule has 4 aliphatic rings. The monoisotopic (exact) mass is 275 g/mol. The molecule has 0 amide bonds. The number of nitrogens with two attached hydrogens (primary N) is 1. The molecule has 3 N–H and O–H groups in total. The van der Waals surface area contributed by atoms with E-state index in [0.717, 1.165) is 17.8 Å². The predicted molar refractivity (Wildman–Crippen MR) is 77.1 cm³/mol. The zero-order valence-corrected chi connectivity index (χ0v) is 12.0. The Hall–Kier alpha value is -0.870. The average Bonchev–Trinajstić information content (AvgIpc) is 2.86. The van der Waals surface area contributed by atoms with Crippen LogP contribution in [0.25, 0.3) is 0 Å². The Kier molecular flexibility index (Phi) is 2.93. The fraction of sp³-hybridized carbons (Fsp3) is 0.812. The lowest BCUT2D eigenvalue weighted by Crippen LogP contribution is -2.52. The maximum absolute atomic E-state index is 9.87. The van der Waals surface area contributed by atoms with Crippen LogP contribution >= 0.6 is 0 Å². The Morgan fingerprint density at radius 1 is 1.25 bits per heavy atom. The van der Waals surface area contributed by atoms with Crippen LogP contribution in [0.2, 0.25) is 0 Å². The van der Waals surface area contributed by atoms with E-state index in [1.807, 2.05) is 6.20 Å². The first-order valence-electron chi connectivity index (χ1n) is 8.10. The first-order chi connectivity index (χ1) is 9.68. The molecule has 1 heterocycles. The van der Waals surface area contributed by atoms with Crippen LogP contribution in [0.15, 0.2) is 12.3 Å². The third kappa shape index (κ3) is 1.92. The van der Waals surface area contributed by atoms with Crippen molar-refractivity contribution in [1.82, 2.24) is 9.78 Å². The van der Waals surface area contributed by atoms with Gasteiger partial charge in [-0.25, -0.2) is 0 Å². The largest absolute Gasteiger partial charge is 0.391 e. The average molecular weight is 275 g/mol. The van der Waals surface area contributed by atoms with Crippen LogP contribution in [0.5, 0.6) is 0 Å². The van der Waals surface area contributed by atoms with Crippen molar-refractivity contribution in [3.63, 3.8) is 0 Å². The fourth-order valence-corrected chi connectivity index (χ4v) is 5.56. The van der Waals surface area contributed by atoms with E-state index >= 15 is 0 Å². The van der Waals surface area contributed by atoms with Crippen LogP contribution in [0.3, 0.4) is 0 Å². The van der Waals surface area contributed by atoms with Crippen molar-refractivity contribution in [1.29, 1.82) is 0 Å². The second-order valence-electron chi connectivity index (χ2n) is 7.47. The number of nitrogens with zero attached hydrogens (tertiary/aromatic N) is 2. The lowest BCUT2D eigenvalue weighted by atomic mass is 9.53. The third-order valence-electron chi connectivity index (χ3n) is 5.89. The second kappa shape index (κ2) is 4.57. The van der Waals surface area contributed by atoms with E-state index in [2.05, 4.69) is 15.8 Å². The summed E-state index contributed by atoms with van der Waals surface area (Å²) >= 11 is 0. The van der Waals surface area contributed by atoms with Crippen molar-refractivity contribution in [2.45, 2.75) is 56.6 Å². The summed E-state index contributed by atoms with van der Waals surface area (Å²) in [7, 11) is 0. The highest BCUT2D eigenvalue weighted by molar-refractivity contribution is 5.12. The lowest BCUT2D eigenvalue weighted by Gasteiger charge is -2.57. The molecule has 4 heteroatoms. The van der Waals surface area contributed by atoms with Gasteiger partial charge in [-0.1, -0.05) is 0 Å². The Labute approximate surface area is 120 Å². The Bertz CT molecular complexity index is 460. The fourth-order valence-electron chi connectivity index (χ4n) is 5.56. The maximum Gasteiger partial charge on any atom is 0.0717 e. The van der Waals surface area contributed by atoms with Crippen molar-refractivity contribution in [3.8, 4) is 0 Å². The SMILES string of the molecule is NCC(O)Cc1ccnn1C12CC3CC(CC(C3)C1)C2. The van der Waals surface area contributed by atoms with Gasteiger partial charge in [-0.05, 0) is 62.3 Å². The highest BCUT2D eigenvalue weighted by atomic mass is 16.3. The summed E-state index contributed by atoms with van der Waals surface area (Å²) in [6, 6.07) is 2.07. The van der Waals surface area contributed by atoms with Crippen molar-refractivity contribution >= 4 is 0 Å². The molecule has 1 aromatic heterocycles. The van der Waals surface area contributed by atoms with Gasteiger partial charge >= 0.3 is 0 Å². The van der Waals surface area contributed by atoms with Gasteiger partial charge in [0.25, 0.3) is 0 Å². The van der Waals surface area contributed by atoms with Crippen LogP contribution in [0.1, 0.15) is 44.2 Å². The van der Waals surface area contributed by atoms with Gasteiger partial charge in [0.2, 0.25) is 0 Å². The summed E-state index contributed by atoms with van der Waals surface area (Å²) in [5.41, 5.74) is 6.99. The van der Waals surface area contributed by atoms with E-state index in [0.29, 0.717) is 13.0 Å². The third-order valence-corrected chi connectivity index (χ3v) is 5.89. The summed E-state index contributed by atoms with van der Waals surface area (Å²) in [6.07, 6.45) is 10.3. The molecule has 110 valence electrons. The smallest absolute Gasteiger partial charge is 0.0717 e. The number of rotatable bonds is 4. The van der Waals surface area contributed by atoms with Crippen molar-refractivity contribution in [2.24, 2.45) is 23.5 Å². The lowest BCUT2D eigenvalue weighted by molar-refractivity contribution is -0.0512. The summed E-state index contributed by atoms with van der Waals surface area (Å²) in [5.74, 6) is 2.74. The minimum absolute atomic E-state index is 0.252. The molecule has 4 fully saturated rings. The van der Waals surface area contributed by atoms with E-state index in [-0.39, 0.29) is 5.54 Å². The molecule has 0 saturated heterocycles. The number of aromatic nitrogens is 2. The van der Waals surface area contributed by atoms with Gasteiger partial charge in [0.15, 0.2) is 0 Å². The molecule has 4 saturated carbocycles. The standard InChI is InChI=1S/C16H25N3O/c17-10-15(20)6-14-1-2-18-19(14)16-7-11-3-12(8-16)5-13(4-11)9-16/h1-2,11-13,15,20H,3-10,17H2. The summed E-state index contributed by atoms with van der Waals surface area (Å²) in [5, 5.41) is 14.5. The van der Waals surface area contributed by atoms with Crippen molar-refractivity contribution in [3.05, 3.63) is 18.0 Å². The molecule has 4 aliphatic carbocycles. The molecule has 1 aromatic rings. The van der Waals surface area contributed by atoms with Crippen LogP contribution in [-0.2, 0) is 12.0 Å². The highest BCUT2D eigenvalue weighted by Gasteiger charge is 2.52. The summed E-state index contributed by atoms with van der Waals surface area (Å²) in [6.45, 7) is 0.325. The van der Waals surface area contributed by atoms with Gasteiger partial charge in [-0.2, -0.15) is 5.10 Å². The quantitative estimate of drug-likeness (QED) is 0.878. The summed E-state index contributed by atoms with van der Waals surface area (Å²) < 4.78 is 2.27. The maximum atomic E-state index is 9.87. The Balaban J connectivity index is 1.65. The Morgan fingerprint density at radius 3 is 2.40 bits per heavy atom. The molecule has 4 nitrogen and oxygen atoms in total. The van der Waals surface area contributed by atoms with E-state index in [4.69, 9.17) is 5.73 Å². The molecular weight excluding hydrogens is 250 g/mol. The highest BCUT2D eigenvalue weighted by Crippen LogP contribution is 2.58. The van der Waals surface area contributed by atoms with Crippen molar-refractivity contribution < 1.29 is 5.11 Å². The minimum atomic E-state index is -0.445. The van der Waals surface area contributed by atoms with Gasteiger partial charge in [-0.15, -0.1) is 0 Å². The molecule has 0 aliphatic heterocycles. The van der Waals surface area contributed by atoms with E-state index in [9.17, 15) is 5.11 Å². The first-order valence-corrected chi connectivity index (χ1v) is 8.10. The number of hydrogen-bond donors (Lipinski definition) is 2. The topological polar surface area (TPSA) is 64.1 Å². The number of aliphatic hydroxyl groups excluding tert-OH is 1. The normalized spacial score (nSPS) is 40.2. The first kappa shape index (κ1) is 12.8. The molecule has 0 spiro atoms. The summed E-state index contributed by atoms with van der Waals surface area (Å²) in [4.78, 5) is 0. The molecule has 0 aromatic carbocycles. The second-order valence-corrected chi connectivity index (χ2v) is 7.47. The van der Waals surface area contributed by atoms with Crippen LogP contribution in [0.4, 0.5) is 0 Å². The number of aliphatic hydroxyl groups is 1. The zero-order chi connectivity index (χ0) is 13.7. The van der Waals surface area contributed by atoms with Gasteiger partial charge in [0.05, 0.1) is 11.6 Å². The van der Waals surface area contributed by atoms with E-state index in [1.165, 1.54) is 44.2 Å². The molecule has 1 atom stereocenters. The zero-order valence-electron chi connectivity index (χ0n) is 12.0. The molecule has 5 rings (SSSR count). The van der Waals surface area contributed by atoms with E-state index in [1.54, 1.807) is 0 Å². The van der Waals surface area contributed by atoms with Gasteiger partial charge in [-0.3, -0.25) is 4.68 Å². The van der Waals surface area contributed by atoms with Crippen LogP contribution in [0, 0.1) is 17.8 Å². The number of hydrogen-bond acceptors (Lipinski definition) is 3. The van der Waals surface area contributed by atoms with Crippen molar-refractivity contribution in [2.75, 3.05) is 6.54 Å². The molecule has 4 bridgehead atoms. The van der Waals surface area contributed by atoms with Crippen LogP contribution in [-0.4, -0.2) is 27.5 Å². The van der Waals surface area contributed by atoms with Crippen LogP contribution < -0.4 is 5.73 Å². The molecule has 1 unspecified atom stereocenters. The predicted octanol–water partition coefficient (Wildman–Crippen LogP) is 1.67. The van der Waals surface area contributed by atoms with Gasteiger partial charge in [0.1, 0.15) is 0 Å². The van der Waals surface area contributed by atoms with Gasteiger partial charge < -0.3 is 10.8 Å². The minimum Gasteiger partial charge on any atom is -0.391 e. The molecule has 20 heavy (non-hydrogen) atoms. The van der Waals surface area contributed by atoms with E-state index < -0.39 is 6.10 Å². The molecule has 0 radical (unpaired) electrons.